The Balaban J connectivity index is 1.55. The second-order valence-corrected chi connectivity index (χ2v) is 5.47. The van der Waals surface area contributed by atoms with E-state index >= 15 is 0 Å². The predicted molar refractivity (Wildman–Crippen MR) is 72.6 cm³/mol. The zero-order valence-corrected chi connectivity index (χ0v) is 12.2. The number of nitrogens with zero attached hydrogens (tertiary/aromatic N) is 4. The van der Waals surface area contributed by atoms with Gasteiger partial charge in [0, 0.05) is 19.5 Å². The topological polar surface area (TPSA) is 85.3 Å². The summed E-state index contributed by atoms with van der Waals surface area (Å²) in [5, 5.41) is 7.46. The molecule has 1 aliphatic rings. The highest BCUT2D eigenvalue weighted by atomic mass is 16.5. The number of amides is 1. The highest BCUT2D eigenvalue weighted by molar-refractivity contribution is 5.94. The van der Waals surface area contributed by atoms with Crippen LogP contribution in [0.4, 0.5) is 0 Å². The molecule has 1 amide bonds. The summed E-state index contributed by atoms with van der Waals surface area (Å²) in [7, 11) is 0. The first-order chi connectivity index (χ1) is 10.1. The fourth-order valence-corrected chi connectivity index (χ4v) is 2.68. The smallest absolute Gasteiger partial charge is 0.259 e. The van der Waals surface area contributed by atoms with Gasteiger partial charge in [0.05, 0.1) is 6.20 Å². The molecule has 0 saturated carbocycles. The zero-order chi connectivity index (χ0) is 14.8. The molecule has 21 heavy (non-hydrogen) atoms. The van der Waals surface area contributed by atoms with Gasteiger partial charge in [-0.2, -0.15) is 4.98 Å². The first kappa shape index (κ1) is 13.8. The normalized spacial score (nSPS) is 16.4. The van der Waals surface area contributed by atoms with Crippen molar-refractivity contribution in [2.24, 2.45) is 5.92 Å². The van der Waals surface area contributed by atoms with Gasteiger partial charge in [0.25, 0.3) is 5.91 Å². The lowest BCUT2D eigenvalue weighted by Crippen LogP contribution is -2.39. The number of hydrogen-bond acceptors (Lipinski definition) is 6. The maximum atomic E-state index is 12.3. The third-order valence-corrected chi connectivity index (χ3v) is 3.92. The molecule has 1 saturated heterocycles. The molecule has 3 rings (SSSR count). The first-order valence-electron chi connectivity index (χ1n) is 7.13. The Bertz CT molecular complexity index is 626. The number of piperidine rings is 1. The van der Waals surface area contributed by atoms with E-state index in [1.807, 2.05) is 11.8 Å². The Morgan fingerprint density at radius 3 is 2.67 bits per heavy atom. The predicted octanol–water partition coefficient (Wildman–Crippen LogP) is 1.77. The van der Waals surface area contributed by atoms with Crippen LogP contribution in [0, 0.1) is 19.8 Å². The van der Waals surface area contributed by atoms with Crippen LogP contribution in [-0.2, 0) is 6.42 Å². The summed E-state index contributed by atoms with van der Waals surface area (Å²) in [4.78, 5) is 18.4. The van der Waals surface area contributed by atoms with Crippen LogP contribution in [0.3, 0.4) is 0 Å². The van der Waals surface area contributed by atoms with Crippen molar-refractivity contribution in [3.05, 3.63) is 29.2 Å². The molecule has 0 N–H and O–H groups in total. The third kappa shape index (κ3) is 2.96. The maximum absolute atomic E-state index is 12.3. The van der Waals surface area contributed by atoms with Crippen LogP contribution in [0.2, 0.25) is 0 Å². The maximum Gasteiger partial charge on any atom is 0.259 e. The van der Waals surface area contributed by atoms with E-state index in [0.29, 0.717) is 29.0 Å². The number of aromatic nitrogens is 3. The number of carbonyl (C=O) groups is 1. The molecule has 0 atom stereocenters. The van der Waals surface area contributed by atoms with Gasteiger partial charge in [-0.15, -0.1) is 0 Å². The number of rotatable bonds is 3. The fourth-order valence-electron chi connectivity index (χ4n) is 2.68. The van der Waals surface area contributed by atoms with Crippen molar-refractivity contribution in [2.75, 3.05) is 13.1 Å². The molecule has 0 unspecified atom stereocenters. The SMILES string of the molecule is Cc1noc(CC2CCN(C(=O)c3cnoc3C)CC2)n1. The van der Waals surface area contributed by atoms with Crippen LogP contribution >= 0.6 is 0 Å². The third-order valence-electron chi connectivity index (χ3n) is 3.92. The van der Waals surface area contributed by atoms with E-state index in [4.69, 9.17) is 9.05 Å². The molecule has 2 aromatic heterocycles. The molecular formula is C14H18N4O3. The summed E-state index contributed by atoms with van der Waals surface area (Å²) in [6.07, 6.45) is 4.16. The van der Waals surface area contributed by atoms with Crippen LogP contribution in [-0.4, -0.2) is 39.2 Å². The Hall–Kier alpha value is -2.18. The Morgan fingerprint density at radius 1 is 1.33 bits per heavy atom. The summed E-state index contributed by atoms with van der Waals surface area (Å²) < 4.78 is 10.1. The van der Waals surface area contributed by atoms with Crippen LogP contribution in [0.15, 0.2) is 15.2 Å². The molecule has 0 spiro atoms. The number of hydrogen-bond donors (Lipinski definition) is 0. The van der Waals surface area contributed by atoms with Gasteiger partial charge in [-0.1, -0.05) is 10.3 Å². The second-order valence-electron chi connectivity index (χ2n) is 5.47. The van der Waals surface area contributed by atoms with Crippen molar-refractivity contribution in [1.29, 1.82) is 0 Å². The number of carbonyl (C=O) groups excluding carboxylic acids is 1. The number of likely N-dealkylation sites (tertiary alicyclic amines) is 1. The fraction of sp³-hybridized carbons (Fsp3) is 0.571. The summed E-state index contributed by atoms with van der Waals surface area (Å²) in [6, 6.07) is 0. The van der Waals surface area contributed by atoms with Crippen molar-refractivity contribution < 1.29 is 13.8 Å². The van der Waals surface area contributed by atoms with Gasteiger partial charge in [-0.3, -0.25) is 4.79 Å². The van der Waals surface area contributed by atoms with E-state index in [2.05, 4.69) is 15.3 Å². The Kier molecular flexibility index (Phi) is 3.72. The molecular weight excluding hydrogens is 272 g/mol. The molecule has 0 aliphatic carbocycles. The van der Waals surface area contributed by atoms with Crippen molar-refractivity contribution in [3.8, 4) is 0 Å². The van der Waals surface area contributed by atoms with Gasteiger partial charge in [-0.05, 0) is 32.6 Å². The molecule has 0 radical (unpaired) electrons. The monoisotopic (exact) mass is 290 g/mol. The van der Waals surface area contributed by atoms with E-state index in [-0.39, 0.29) is 5.91 Å². The molecule has 2 aromatic rings. The molecule has 1 aliphatic heterocycles. The average Bonchev–Trinajstić information content (AvgIpc) is 3.08. The van der Waals surface area contributed by atoms with Crippen LogP contribution in [0.25, 0.3) is 0 Å². The van der Waals surface area contributed by atoms with Gasteiger partial charge in [0.15, 0.2) is 5.82 Å². The highest BCUT2D eigenvalue weighted by Gasteiger charge is 2.26. The quantitative estimate of drug-likeness (QED) is 0.856. The summed E-state index contributed by atoms with van der Waals surface area (Å²) in [5.41, 5.74) is 0.556. The van der Waals surface area contributed by atoms with Gasteiger partial charge >= 0.3 is 0 Å². The highest BCUT2D eigenvalue weighted by Crippen LogP contribution is 2.23. The van der Waals surface area contributed by atoms with Gasteiger partial charge in [-0.25, -0.2) is 0 Å². The summed E-state index contributed by atoms with van der Waals surface area (Å²) >= 11 is 0. The van der Waals surface area contributed by atoms with E-state index in [0.717, 1.165) is 32.4 Å². The average molecular weight is 290 g/mol. The lowest BCUT2D eigenvalue weighted by molar-refractivity contribution is 0.0685. The van der Waals surface area contributed by atoms with E-state index < -0.39 is 0 Å². The molecule has 1 fully saturated rings. The number of aryl methyl sites for hydroxylation is 2. The minimum absolute atomic E-state index is 0.000773. The molecule has 3 heterocycles. The van der Waals surface area contributed by atoms with Gasteiger partial charge < -0.3 is 13.9 Å². The molecule has 7 heteroatoms. The van der Waals surface area contributed by atoms with Crippen molar-refractivity contribution in [3.63, 3.8) is 0 Å². The standard InChI is InChI=1S/C14H18N4O3/c1-9-12(8-15-20-9)14(19)18-5-3-11(4-6-18)7-13-16-10(2)17-21-13/h8,11H,3-7H2,1-2H3. The van der Waals surface area contributed by atoms with Crippen LogP contribution in [0.1, 0.15) is 40.7 Å². The molecule has 0 aromatic carbocycles. The van der Waals surface area contributed by atoms with Crippen molar-refractivity contribution in [2.45, 2.75) is 33.1 Å². The summed E-state index contributed by atoms with van der Waals surface area (Å²) in [5.74, 6) is 2.41. The van der Waals surface area contributed by atoms with Gasteiger partial charge in [0.2, 0.25) is 5.89 Å². The molecule has 7 nitrogen and oxygen atoms in total. The minimum atomic E-state index is 0.000773. The minimum Gasteiger partial charge on any atom is -0.361 e. The Labute approximate surface area is 122 Å². The van der Waals surface area contributed by atoms with Crippen molar-refractivity contribution >= 4 is 5.91 Å². The van der Waals surface area contributed by atoms with Crippen LogP contribution < -0.4 is 0 Å². The molecule has 112 valence electrons. The van der Waals surface area contributed by atoms with E-state index in [1.54, 1.807) is 6.92 Å². The lowest BCUT2D eigenvalue weighted by Gasteiger charge is -2.31. The molecule has 0 bridgehead atoms. The van der Waals surface area contributed by atoms with Crippen molar-refractivity contribution in [1.82, 2.24) is 20.2 Å². The van der Waals surface area contributed by atoms with E-state index in [9.17, 15) is 4.79 Å². The van der Waals surface area contributed by atoms with E-state index in [1.165, 1.54) is 6.20 Å². The second kappa shape index (κ2) is 5.67. The lowest BCUT2D eigenvalue weighted by atomic mass is 9.93. The Morgan fingerprint density at radius 2 is 2.10 bits per heavy atom. The van der Waals surface area contributed by atoms with Gasteiger partial charge in [0.1, 0.15) is 11.3 Å². The largest absolute Gasteiger partial charge is 0.361 e. The first-order valence-corrected chi connectivity index (χ1v) is 7.13. The van der Waals surface area contributed by atoms with Crippen LogP contribution in [0.5, 0.6) is 0 Å². The summed E-state index contributed by atoms with van der Waals surface area (Å²) in [6.45, 7) is 5.04. The zero-order valence-electron chi connectivity index (χ0n) is 12.2.